The second-order valence-electron chi connectivity index (χ2n) is 5.00. The highest BCUT2D eigenvalue weighted by molar-refractivity contribution is 5.98. The lowest BCUT2D eigenvalue weighted by Gasteiger charge is -2.15. The molecular weight excluding hydrogens is 298 g/mol. The van der Waals surface area contributed by atoms with Crippen molar-refractivity contribution in [1.82, 2.24) is 5.32 Å². The van der Waals surface area contributed by atoms with Crippen LogP contribution in [0.15, 0.2) is 22.6 Å². The number of rotatable bonds is 6. The molecule has 0 spiro atoms. The summed E-state index contributed by atoms with van der Waals surface area (Å²) in [7, 11) is 4.51. The minimum Gasteiger partial charge on any atom is -0.493 e. The van der Waals surface area contributed by atoms with E-state index in [1.54, 1.807) is 12.1 Å². The van der Waals surface area contributed by atoms with E-state index < -0.39 is 0 Å². The molecule has 6 heteroatoms. The molecule has 0 aliphatic heterocycles. The number of methoxy groups -OCH3 is 3. The average Bonchev–Trinajstić information content (AvgIpc) is 2.88. The lowest BCUT2D eigenvalue weighted by Crippen LogP contribution is -2.23. The van der Waals surface area contributed by atoms with Gasteiger partial charge in [-0.25, -0.2) is 0 Å². The second kappa shape index (κ2) is 7.09. The quantitative estimate of drug-likeness (QED) is 0.886. The van der Waals surface area contributed by atoms with Gasteiger partial charge in [-0.3, -0.25) is 4.79 Å². The van der Waals surface area contributed by atoms with E-state index in [0.717, 1.165) is 17.1 Å². The Balaban J connectivity index is 2.23. The molecule has 0 aliphatic rings. The van der Waals surface area contributed by atoms with Crippen LogP contribution in [0.1, 0.15) is 27.4 Å². The summed E-state index contributed by atoms with van der Waals surface area (Å²) in [6.07, 6.45) is 0. The van der Waals surface area contributed by atoms with Crippen molar-refractivity contribution in [2.24, 2.45) is 0 Å². The van der Waals surface area contributed by atoms with Crippen molar-refractivity contribution in [3.63, 3.8) is 0 Å². The summed E-state index contributed by atoms with van der Waals surface area (Å²) in [6.45, 7) is 4.11. The van der Waals surface area contributed by atoms with Gasteiger partial charge in [-0.05, 0) is 32.0 Å². The van der Waals surface area contributed by atoms with Crippen molar-refractivity contribution in [1.29, 1.82) is 0 Å². The van der Waals surface area contributed by atoms with Gasteiger partial charge in [0.25, 0.3) is 5.91 Å². The maximum Gasteiger partial charge on any atom is 0.255 e. The van der Waals surface area contributed by atoms with Crippen LogP contribution >= 0.6 is 0 Å². The van der Waals surface area contributed by atoms with E-state index in [4.69, 9.17) is 18.6 Å². The third-order valence-corrected chi connectivity index (χ3v) is 3.53. The fourth-order valence-electron chi connectivity index (χ4n) is 2.41. The van der Waals surface area contributed by atoms with E-state index in [1.165, 1.54) is 21.3 Å². The van der Waals surface area contributed by atoms with Gasteiger partial charge in [-0.15, -0.1) is 0 Å². The molecular formula is C17H21NO5. The van der Waals surface area contributed by atoms with Crippen LogP contribution in [-0.2, 0) is 6.54 Å². The van der Waals surface area contributed by atoms with Crippen LogP contribution in [0.2, 0.25) is 0 Å². The predicted octanol–water partition coefficient (Wildman–Crippen LogP) is 2.85. The van der Waals surface area contributed by atoms with E-state index in [-0.39, 0.29) is 5.91 Å². The molecule has 124 valence electrons. The SMILES string of the molecule is COc1ccc(C(=O)NCc2cc(C)oc2C)c(OC)c1OC. The monoisotopic (exact) mass is 319 g/mol. The van der Waals surface area contributed by atoms with Gasteiger partial charge in [0, 0.05) is 12.1 Å². The minimum atomic E-state index is -0.263. The second-order valence-corrected chi connectivity index (χ2v) is 5.00. The zero-order valence-electron chi connectivity index (χ0n) is 14.0. The Morgan fingerprint density at radius 2 is 1.78 bits per heavy atom. The molecule has 0 unspecified atom stereocenters. The first-order valence-electron chi connectivity index (χ1n) is 7.14. The molecule has 1 heterocycles. The van der Waals surface area contributed by atoms with Gasteiger partial charge in [0.2, 0.25) is 5.75 Å². The van der Waals surface area contributed by atoms with Crippen molar-refractivity contribution in [3.8, 4) is 17.2 Å². The van der Waals surface area contributed by atoms with Crippen molar-refractivity contribution < 1.29 is 23.4 Å². The first-order chi connectivity index (χ1) is 11.0. The number of carbonyl (C=O) groups excluding carboxylic acids is 1. The highest BCUT2D eigenvalue weighted by Crippen LogP contribution is 2.39. The fraction of sp³-hybridized carbons (Fsp3) is 0.353. The standard InChI is InChI=1S/C17H21NO5/c1-10-8-12(11(2)23-10)9-18-17(19)13-6-7-14(20-3)16(22-5)15(13)21-4/h6-8H,9H2,1-5H3,(H,18,19). The third-order valence-electron chi connectivity index (χ3n) is 3.53. The Bertz CT molecular complexity index is 705. The molecule has 0 fully saturated rings. The molecule has 1 aromatic carbocycles. The van der Waals surface area contributed by atoms with E-state index >= 15 is 0 Å². The van der Waals surface area contributed by atoms with Crippen LogP contribution in [0.5, 0.6) is 17.2 Å². The molecule has 0 bridgehead atoms. The molecule has 0 saturated heterocycles. The largest absolute Gasteiger partial charge is 0.493 e. The summed E-state index contributed by atoms with van der Waals surface area (Å²) in [4.78, 5) is 12.5. The lowest BCUT2D eigenvalue weighted by atomic mass is 10.1. The van der Waals surface area contributed by atoms with Crippen LogP contribution in [0, 0.1) is 13.8 Å². The normalized spacial score (nSPS) is 10.3. The first kappa shape index (κ1) is 16.7. The smallest absolute Gasteiger partial charge is 0.255 e. The number of hydrogen-bond acceptors (Lipinski definition) is 5. The molecule has 1 aromatic heterocycles. The zero-order valence-corrected chi connectivity index (χ0v) is 14.0. The molecule has 2 rings (SSSR count). The molecule has 1 N–H and O–H groups in total. The molecule has 0 atom stereocenters. The summed E-state index contributed by atoms with van der Waals surface area (Å²) >= 11 is 0. The van der Waals surface area contributed by atoms with E-state index in [1.807, 2.05) is 19.9 Å². The third kappa shape index (κ3) is 3.41. The maximum atomic E-state index is 12.5. The van der Waals surface area contributed by atoms with Gasteiger partial charge in [-0.2, -0.15) is 0 Å². The number of aryl methyl sites for hydroxylation is 2. The zero-order chi connectivity index (χ0) is 17.0. The summed E-state index contributed by atoms with van der Waals surface area (Å²) in [5, 5.41) is 2.86. The predicted molar refractivity (Wildman–Crippen MR) is 85.5 cm³/mol. The summed E-state index contributed by atoms with van der Waals surface area (Å²) in [5.74, 6) is 2.57. The molecule has 2 aromatic rings. The van der Waals surface area contributed by atoms with Crippen molar-refractivity contribution >= 4 is 5.91 Å². The molecule has 1 amide bonds. The number of amides is 1. The molecule has 23 heavy (non-hydrogen) atoms. The van der Waals surface area contributed by atoms with Crippen LogP contribution < -0.4 is 19.5 Å². The van der Waals surface area contributed by atoms with Gasteiger partial charge in [0.1, 0.15) is 11.5 Å². The summed E-state index contributed by atoms with van der Waals surface area (Å²) in [6, 6.07) is 5.22. The Labute approximate surface area is 135 Å². The number of hydrogen-bond donors (Lipinski definition) is 1. The first-order valence-corrected chi connectivity index (χ1v) is 7.14. The fourth-order valence-corrected chi connectivity index (χ4v) is 2.41. The van der Waals surface area contributed by atoms with Crippen LogP contribution in [0.3, 0.4) is 0 Å². The number of benzene rings is 1. The number of furan rings is 1. The van der Waals surface area contributed by atoms with E-state index in [9.17, 15) is 4.79 Å². The highest BCUT2D eigenvalue weighted by atomic mass is 16.5. The van der Waals surface area contributed by atoms with Crippen molar-refractivity contribution in [2.45, 2.75) is 20.4 Å². The molecule has 6 nitrogen and oxygen atoms in total. The Morgan fingerprint density at radius 1 is 1.09 bits per heavy atom. The van der Waals surface area contributed by atoms with Gasteiger partial charge < -0.3 is 23.9 Å². The van der Waals surface area contributed by atoms with Gasteiger partial charge in [-0.1, -0.05) is 0 Å². The number of carbonyl (C=O) groups is 1. The average molecular weight is 319 g/mol. The Morgan fingerprint density at radius 3 is 2.30 bits per heavy atom. The lowest BCUT2D eigenvalue weighted by molar-refractivity contribution is 0.0947. The van der Waals surface area contributed by atoms with Gasteiger partial charge >= 0.3 is 0 Å². The summed E-state index contributed by atoms with van der Waals surface area (Å²) < 4.78 is 21.3. The van der Waals surface area contributed by atoms with Crippen LogP contribution in [0.4, 0.5) is 0 Å². The number of nitrogens with one attached hydrogen (secondary N) is 1. The highest BCUT2D eigenvalue weighted by Gasteiger charge is 2.20. The maximum absolute atomic E-state index is 12.5. The molecule has 0 aliphatic carbocycles. The Kier molecular flexibility index (Phi) is 5.16. The molecule has 0 saturated carbocycles. The topological polar surface area (TPSA) is 69.9 Å². The summed E-state index contributed by atoms with van der Waals surface area (Å²) in [5.41, 5.74) is 1.32. The van der Waals surface area contributed by atoms with Crippen LogP contribution in [-0.4, -0.2) is 27.2 Å². The van der Waals surface area contributed by atoms with E-state index in [2.05, 4.69) is 5.32 Å². The van der Waals surface area contributed by atoms with Gasteiger partial charge in [0.15, 0.2) is 11.5 Å². The minimum absolute atomic E-state index is 0.263. The Hall–Kier alpha value is -2.63. The number of ether oxygens (including phenoxy) is 3. The van der Waals surface area contributed by atoms with Crippen molar-refractivity contribution in [3.05, 3.63) is 40.8 Å². The van der Waals surface area contributed by atoms with Gasteiger partial charge in [0.05, 0.1) is 26.9 Å². The van der Waals surface area contributed by atoms with E-state index in [0.29, 0.717) is 29.4 Å². The van der Waals surface area contributed by atoms with Crippen molar-refractivity contribution in [2.75, 3.05) is 21.3 Å². The molecule has 0 radical (unpaired) electrons. The van der Waals surface area contributed by atoms with Crippen LogP contribution in [0.25, 0.3) is 0 Å².